The molecule has 0 unspecified atom stereocenters. The molecule has 4 rings (SSSR count). The minimum absolute atomic E-state index is 0.146. The molecule has 0 radical (unpaired) electrons. The summed E-state index contributed by atoms with van der Waals surface area (Å²) in [6.07, 6.45) is 1.08. The van der Waals surface area contributed by atoms with Crippen LogP contribution in [0.3, 0.4) is 0 Å². The van der Waals surface area contributed by atoms with Crippen LogP contribution in [-0.4, -0.2) is 8.07 Å². The Labute approximate surface area is 145 Å². The smallest absolute Gasteiger partial charge is 0.162 e. The molecule has 2 heterocycles. The average Bonchev–Trinajstić information content (AvgIpc) is 3.09. The highest BCUT2D eigenvalue weighted by Crippen LogP contribution is 2.33. The van der Waals surface area contributed by atoms with Gasteiger partial charge in [-0.2, -0.15) is 0 Å². The third kappa shape index (κ3) is 2.14. The second-order valence-corrected chi connectivity index (χ2v) is 12.0. The van der Waals surface area contributed by atoms with Gasteiger partial charge in [0.2, 0.25) is 0 Å². The molecule has 116 valence electrons. The van der Waals surface area contributed by atoms with Crippen molar-refractivity contribution in [3.05, 3.63) is 64.8 Å². The highest BCUT2D eigenvalue weighted by atomic mass is 35.5. The lowest BCUT2D eigenvalue weighted by Gasteiger charge is -2.28. The van der Waals surface area contributed by atoms with Crippen LogP contribution in [0.5, 0.6) is 0 Å². The molecular weight excluding hydrogens is 343 g/mol. The number of halogens is 2. The molecule has 3 aromatic rings. The third-order valence-corrected chi connectivity index (χ3v) is 12.1. The minimum atomic E-state index is -2.17. The number of hydrogen-bond acceptors (Lipinski definition) is 1. The van der Waals surface area contributed by atoms with Crippen molar-refractivity contribution in [2.75, 3.05) is 0 Å². The van der Waals surface area contributed by atoms with Crippen molar-refractivity contribution in [2.45, 2.75) is 19.4 Å². The fraction of sp³-hybridized carbons (Fsp3) is 0.158. The van der Waals surface area contributed by atoms with E-state index >= 15 is 0 Å². The van der Waals surface area contributed by atoms with E-state index in [2.05, 4.69) is 37.3 Å². The Balaban J connectivity index is 2.11. The molecule has 0 saturated heterocycles. The largest absolute Gasteiger partial charge is 0.207 e. The van der Waals surface area contributed by atoms with Gasteiger partial charge < -0.3 is 0 Å². The number of rotatable bonds is 3. The second-order valence-electron chi connectivity index (χ2n) is 5.99. The highest BCUT2D eigenvalue weighted by molar-refractivity contribution is 7.35. The lowest BCUT2D eigenvalue weighted by atomic mass is 10.1. The van der Waals surface area contributed by atoms with Gasteiger partial charge in [0.15, 0.2) is 8.07 Å². The Morgan fingerprint density at radius 3 is 2.52 bits per heavy atom. The summed E-state index contributed by atoms with van der Waals surface area (Å²) in [5, 5.41) is 2.61. The Morgan fingerprint density at radius 2 is 1.78 bits per heavy atom. The first-order valence-corrected chi connectivity index (χ1v) is 11.2. The van der Waals surface area contributed by atoms with Crippen LogP contribution in [0.1, 0.15) is 13.3 Å². The highest BCUT2D eigenvalue weighted by Gasteiger charge is 2.47. The molecule has 1 aliphatic rings. The Morgan fingerprint density at radius 1 is 1.00 bits per heavy atom. The quantitative estimate of drug-likeness (QED) is 0.609. The van der Waals surface area contributed by atoms with Crippen LogP contribution in [0.2, 0.25) is 10.4 Å². The van der Waals surface area contributed by atoms with Crippen LogP contribution in [-0.2, 0) is 0 Å². The predicted octanol–water partition coefficient (Wildman–Crippen LogP) is 4.40. The van der Waals surface area contributed by atoms with Gasteiger partial charge >= 0.3 is 0 Å². The Kier molecular flexibility index (Phi) is 3.67. The summed E-state index contributed by atoms with van der Waals surface area (Å²) in [5.74, 6) is -0.146. The summed E-state index contributed by atoms with van der Waals surface area (Å²) in [6, 6.07) is 19.1. The van der Waals surface area contributed by atoms with Crippen molar-refractivity contribution in [1.82, 2.24) is 0 Å². The van der Waals surface area contributed by atoms with Crippen LogP contribution >= 0.6 is 22.9 Å². The van der Waals surface area contributed by atoms with Gasteiger partial charge in [-0.3, -0.25) is 0 Å². The summed E-state index contributed by atoms with van der Waals surface area (Å²) < 4.78 is 16.2. The Bertz CT molecular complexity index is 889. The van der Waals surface area contributed by atoms with Gasteiger partial charge in [0, 0.05) is 4.50 Å². The molecule has 0 fully saturated rings. The lowest BCUT2D eigenvalue weighted by molar-refractivity contribution is 0.629. The number of fused-ring (bicyclic) bond motifs is 3. The predicted molar refractivity (Wildman–Crippen MR) is 101 cm³/mol. The second kappa shape index (κ2) is 5.59. The molecule has 1 aliphatic heterocycles. The molecular formula is C19H16ClFSSi. The molecule has 23 heavy (non-hydrogen) atoms. The van der Waals surface area contributed by atoms with Crippen LogP contribution in [0, 0.1) is 5.82 Å². The maximum Gasteiger partial charge on any atom is 0.162 e. The van der Waals surface area contributed by atoms with E-state index in [1.807, 2.05) is 12.1 Å². The lowest BCUT2D eigenvalue weighted by Crippen LogP contribution is -2.63. The molecule has 1 aromatic heterocycles. The van der Waals surface area contributed by atoms with Crippen LogP contribution in [0.4, 0.5) is 4.39 Å². The molecule has 1 atom stereocenters. The van der Waals surface area contributed by atoms with Gasteiger partial charge in [0.25, 0.3) is 0 Å². The number of benzene rings is 2. The van der Waals surface area contributed by atoms with Gasteiger partial charge in [0.05, 0.1) is 4.34 Å². The van der Waals surface area contributed by atoms with E-state index in [0.717, 1.165) is 16.8 Å². The molecule has 4 heteroatoms. The van der Waals surface area contributed by atoms with Gasteiger partial charge in [-0.25, -0.2) is 4.39 Å². The maximum atomic E-state index is 14.1. The third-order valence-electron chi connectivity index (χ3n) is 4.74. The van der Waals surface area contributed by atoms with Gasteiger partial charge in [-0.05, 0) is 45.7 Å². The normalized spacial score (nSPS) is 18.7. The van der Waals surface area contributed by atoms with Gasteiger partial charge in [-0.1, -0.05) is 61.3 Å². The molecule has 0 nitrogen and oxygen atoms in total. The zero-order valence-corrected chi connectivity index (χ0v) is 15.3. The van der Waals surface area contributed by atoms with Crippen LogP contribution in [0.15, 0.2) is 54.6 Å². The first-order valence-electron chi connectivity index (χ1n) is 7.82. The minimum Gasteiger partial charge on any atom is -0.207 e. The van der Waals surface area contributed by atoms with E-state index in [0.29, 0.717) is 0 Å². The van der Waals surface area contributed by atoms with E-state index in [1.165, 1.54) is 26.0 Å². The summed E-state index contributed by atoms with van der Waals surface area (Å²) in [5.41, 5.74) is 2.47. The average molecular weight is 359 g/mol. The summed E-state index contributed by atoms with van der Waals surface area (Å²) in [7, 11) is -2.17. The molecule has 0 saturated carbocycles. The van der Waals surface area contributed by atoms with E-state index in [-0.39, 0.29) is 5.82 Å². The molecule has 0 aliphatic carbocycles. The SMILES string of the molecule is CCC[Si@]1(c2ccc(Cl)s2)c2ccccc2-c2ccc(F)cc21. The fourth-order valence-electron chi connectivity index (χ4n) is 3.92. The van der Waals surface area contributed by atoms with Gasteiger partial charge in [-0.15, -0.1) is 11.3 Å². The topological polar surface area (TPSA) is 0 Å². The van der Waals surface area contributed by atoms with Gasteiger partial charge in [0.1, 0.15) is 5.82 Å². The van der Waals surface area contributed by atoms with Crippen LogP contribution < -0.4 is 14.9 Å². The summed E-state index contributed by atoms with van der Waals surface area (Å²) in [6.45, 7) is 2.21. The van der Waals surface area contributed by atoms with E-state index in [4.69, 9.17) is 11.6 Å². The zero-order valence-electron chi connectivity index (χ0n) is 12.8. The van der Waals surface area contributed by atoms with Crippen molar-refractivity contribution < 1.29 is 4.39 Å². The maximum absolute atomic E-state index is 14.1. The van der Waals surface area contributed by atoms with E-state index < -0.39 is 8.07 Å². The molecule has 2 aromatic carbocycles. The zero-order chi connectivity index (χ0) is 16.0. The monoisotopic (exact) mass is 358 g/mol. The van der Waals surface area contributed by atoms with Crippen molar-refractivity contribution >= 4 is 45.9 Å². The van der Waals surface area contributed by atoms with Crippen molar-refractivity contribution in [3.8, 4) is 11.1 Å². The first kappa shape index (κ1) is 15.1. The van der Waals surface area contributed by atoms with Crippen molar-refractivity contribution in [3.63, 3.8) is 0 Å². The van der Waals surface area contributed by atoms with E-state index in [1.54, 1.807) is 23.5 Å². The first-order chi connectivity index (χ1) is 11.2. The fourth-order valence-corrected chi connectivity index (χ4v) is 11.7. The molecule has 0 N–H and O–H groups in total. The summed E-state index contributed by atoms with van der Waals surface area (Å²) >= 11 is 7.91. The molecule has 0 spiro atoms. The van der Waals surface area contributed by atoms with Crippen molar-refractivity contribution in [1.29, 1.82) is 0 Å². The van der Waals surface area contributed by atoms with E-state index in [9.17, 15) is 4.39 Å². The summed E-state index contributed by atoms with van der Waals surface area (Å²) in [4.78, 5) is 0. The van der Waals surface area contributed by atoms with Crippen LogP contribution in [0.25, 0.3) is 11.1 Å². The molecule has 0 bridgehead atoms. The number of thiophene rings is 1. The standard InChI is InChI=1S/C19H16ClFSSi/c1-2-11-23(19-10-9-18(20)22-19)16-6-4-3-5-14(16)15-8-7-13(21)12-17(15)23/h3-10,12H,2,11H2,1H3/t23-/m0/s1. The number of hydrogen-bond donors (Lipinski definition) is 0. The Hall–Kier alpha value is -1.42. The van der Waals surface area contributed by atoms with Crippen molar-refractivity contribution in [2.24, 2.45) is 0 Å². The molecule has 0 amide bonds.